The number of amides is 1. The molecule has 24 heavy (non-hydrogen) atoms. The van der Waals surface area contributed by atoms with Crippen LogP contribution in [0.3, 0.4) is 0 Å². The summed E-state index contributed by atoms with van der Waals surface area (Å²) in [6.45, 7) is 7.56. The number of halogens is 1. The van der Waals surface area contributed by atoms with E-state index in [9.17, 15) is 4.79 Å². The van der Waals surface area contributed by atoms with Crippen molar-refractivity contribution >= 4 is 47.6 Å². The molecule has 1 aromatic heterocycles. The Morgan fingerprint density at radius 2 is 2.12 bits per heavy atom. The first-order chi connectivity index (χ1) is 11.0. The van der Waals surface area contributed by atoms with Crippen molar-refractivity contribution in [3.63, 3.8) is 0 Å². The summed E-state index contributed by atoms with van der Waals surface area (Å²) < 4.78 is 0.232. The highest BCUT2D eigenvalue weighted by Gasteiger charge is 2.28. The Bertz CT molecular complexity index is 554. The second-order valence-corrected chi connectivity index (χ2v) is 7.65. The van der Waals surface area contributed by atoms with Gasteiger partial charge in [0.05, 0.1) is 6.20 Å². The molecule has 2 N–H and O–H groups in total. The summed E-state index contributed by atoms with van der Waals surface area (Å²) in [5.41, 5.74) is 0.326. The number of aromatic nitrogens is 2. The molecule has 9 heteroatoms. The summed E-state index contributed by atoms with van der Waals surface area (Å²) in [7, 11) is 1.79. The van der Waals surface area contributed by atoms with Gasteiger partial charge < -0.3 is 15.5 Å². The Labute approximate surface area is 164 Å². The van der Waals surface area contributed by atoms with Gasteiger partial charge in [0.1, 0.15) is 5.69 Å². The Kier molecular flexibility index (Phi) is 8.74. The predicted octanol–water partition coefficient (Wildman–Crippen LogP) is 1.23. The number of rotatable bonds is 4. The number of hydrogen-bond donors (Lipinski definition) is 2. The molecule has 0 unspecified atom stereocenters. The van der Waals surface area contributed by atoms with Crippen LogP contribution in [0, 0.1) is 0 Å². The number of nitrogens with one attached hydrogen (secondary N) is 2. The van der Waals surface area contributed by atoms with Crippen molar-refractivity contribution in [1.29, 1.82) is 0 Å². The Balaban J connectivity index is 0.00000288. The van der Waals surface area contributed by atoms with Gasteiger partial charge in [-0.2, -0.15) is 11.8 Å². The molecule has 1 fully saturated rings. The van der Waals surface area contributed by atoms with E-state index in [0.717, 1.165) is 24.8 Å². The lowest BCUT2D eigenvalue weighted by Crippen LogP contribution is -2.51. The molecule has 0 saturated carbocycles. The first-order valence-corrected chi connectivity index (χ1v) is 8.64. The Hall–Kier alpha value is -1.10. The molecule has 1 amide bonds. The predicted molar refractivity (Wildman–Crippen MR) is 109 cm³/mol. The van der Waals surface area contributed by atoms with Crippen molar-refractivity contribution in [2.24, 2.45) is 4.99 Å². The summed E-state index contributed by atoms with van der Waals surface area (Å²) in [4.78, 5) is 26.3. The van der Waals surface area contributed by atoms with Crippen LogP contribution in [0.5, 0.6) is 0 Å². The maximum atomic E-state index is 11.9. The SMILES string of the molecule is CN=C(NCCNC(=O)c1cnccn1)N1CCSC(C)(C)C1.I. The summed E-state index contributed by atoms with van der Waals surface area (Å²) >= 11 is 1.99. The van der Waals surface area contributed by atoms with E-state index in [1.165, 1.54) is 12.4 Å². The van der Waals surface area contributed by atoms with E-state index in [-0.39, 0.29) is 34.6 Å². The lowest BCUT2D eigenvalue weighted by atomic mass is 10.2. The summed E-state index contributed by atoms with van der Waals surface area (Å²) in [5, 5.41) is 6.12. The molecule has 0 radical (unpaired) electrons. The molecule has 0 aliphatic carbocycles. The van der Waals surface area contributed by atoms with Gasteiger partial charge in [0, 0.05) is 56.1 Å². The van der Waals surface area contributed by atoms with Gasteiger partial charge in [-0.3, -0.25) is 14.8 Å². The summed E-state index contributed by atoms with van der Waals surface area (Å²) in [6, 6.07) is 0. The van der Waals surface area contributed by atoms with E-state index in [2.05, 4.69) is 44.3 Å². The van der Waals surface area contributed by atoms with Crippen molar-refractivity contribution in [2.75, 3.05) is 39.0 Å². The van der Waals surface area contributed by atoms with Gasteiger partial charge >= 0.3 is 0 Å². The third-order valence-corrected chi connectivity index (χ3v) is 4.72. The standard InChI is InChI=1S/C15H24N6OS.HI/c1-15(2)11-21(8-9-23-15)14(16-3)20-7-6-19-13(22)12-10-17-4-5-18-12;/h4-5,10H,6-9,11H2,1-3H3,(H,16,20)(H,19,22);1H. The van der Waals surface area contributed by atoms with Crippen LogP contribution in [0.2, 0.25) is 0 Å². The Morgan fingerprint density at radius 3 is 2.75 bits per heavy atom. The van der Waals surface area contributed by atoms with Crippen LogP contribution in [0.15, 0.2) is 23.6 Å². The van der Waals surface area contributed by atoms with Crippen molar-refractivity contribution in [3.8, 4) is 0 Å². The number of aliphatic imine (C=N–C) groups is 1. The lowest BCUT2D eigenvalue weighted by Gasteiger charge is -2.39. The van der Waals surface area contributed by atoms with E-state index in [0.29, 0.717) is 18.8 Å². The van der Waals surface area contributed by atoms with E-state index in [1.54, 1.807) is 13.2 Å². The minimum atomic E-state index is -0.217. The number of carbonyl (C=O) groups is 1. The zero-order chi connectivity index (χ0) is 16.7. The second kappa shape index (κ2) is 10.0. The fourth-order valence-corrected chi connectivity index (χ4v) is 3.50. The molecule has 1 saturated heterocycles. The molecule has 2 rings (SSSR count). The van der Waals surface area contributed by atoms with Crippen molar-refractivity contribution in [1.82, 2.24) is 25.5 Å². The largest absolute Gasteiger partial charge is 0.354 e. The number of thioether (sulfide) groups is 1. The smallest absolute Gasteiger partial charge is 0.271 e. The number of hydrogen-bond acceptors (Lipinski definition) is 5. The summed E-state index contributed by atoms with van der Waals surface area (Å²) in [5.74, 6) is 1.76. The average molecular weight is 464 g/mol. The number of nitrogens with zero attached hydrogens (tertiary/aromatic N) is 4. The van der Waals surface area contributed by atoms with Crippen LogP contribution in [-0.4, -0.2) is 70.5 Å². The molecule has 1 aromatic rings. The molecule has 2 heterocycles. The first-order valence-electron chi connectivity index (χ1n) is 7.65. The van der Waals surface area contributed by atoms with Crippen LogP contribution >= 0.6 is 35.7 Å². The van der Waals surface area contributed by atoms with Gasteiger partial charge in [0.2, 0.25) is 0 Å². The molecule has 0 aromatic carbocycles. The van der Waals surface area contributed by atoms with E-state index >= 15 is 0 Å². The van der Waals surface area contributed by atoms with Crippen molar-refractivity contribution < 1.29 is 4.79 Å². The van der Waals surface area contributed by atoms with E-state index in [1.807, 2.05) is 11.8 Å². The summed E-state index contributed by atoms with van der Waals surface area (Å²) in [6.07, 6.45) is 4.50. The van der Waals surface area contributed by atoms with Gasteiger partial charge in [0.15, 0.2) is 5.96 Å². The highest BCUT2D eigenvalue weighted by Crippen LogP contribution is 2.29. The molecule has 0 spiro atoms. The van der Waals surface area contributed by atoms with E-state index in [4.69, 9.17) is 0 Å². The van der Waals surface area contributed by atoms with Crippen LogP contribution in [0.1, 0.15) is 24.3 Å². The zero-order valence-electron chi connectivity index (χ0n) is 14.3. The highest BCUT2D eigenvalue weighted by atomic mass is 127. The molecular formula is C15H25IN6OS. The van der Waals surface area contributed by atoms with Gasteiger partial charge in [-0.05, 0) is 13.8 Å². The molecule has 0 bridgehead atoms. The highest BCUT2D eigenvalue weighted by molar-refractivity contribution is 14.0. The van der Waals surface area contributed by atoms with Crippen LogP contribution < -0.4 is 10.6 Å². The second-order valence-electron chi connectivity index (χ2n) is 5.85. The Morgan fingerprint density at radius 1 is 1.38 bits per heavy atom. The van der Waals surface area contributed by atoms with Crippen molar-refractivity contribution in [2.45, 2.75) is 18.6 Å². The van der Waals surface area contributed by atoms with Crippen LogP contribution in [0.4, 0.5) is 0 Å². The minimum Gasteiger partial charge on any atom is -0.354 e. The number of carbonyl (C=O) groups excluding carboxylic acids is 1. The fourth-order valence-electron chi connectivity index (χ4n) is 2.39. The molecule has 1 aliphatic heterocycles. The zero-order valence-corrected chi connectivity index (χ0v) is 17.4. The molecule has 1 aliphatic rings. The first kappa shape index (κ1) is 20.9. The molecule has 0 atom stereocenters. The monoisotopic (exact) mass is 464 g/mol. The minimum absolute atomic E-state index is 0. The third kappa shape index (κ3) is 6.42. The van der Waals surface area contributed by atoms with Crippen LogP contribution in [-0.2, 0) is 0 Å². The van der Waals surface area contributed by atoms with E-state index < -0.39 is 0 Å². The maximum Gasteiger partial charge on any atom is 0.271 e. The topological polar surface area (TPSA) is 82.5 Å². The number of guanidine groups is 1. The molecular weight excluding hydrogens is 439 g/mol. The van der Waals surface area contributed by atoms with Gasteiger partial charge in [0.25, 0.3) is 5.91 Å². The fraction of sp³-hybridized carbons (Fsp3) is 0.600. The van der Waals surface area contributed by atoms with Gasteiger partial charge in [-0.1, -0.05) is 0 Å². The third-order valence-electron chi connectivity index (χ3n) is 3.43. The average Bonchev–Trinajstić information content (AvgIpc) is 2.54. The van der Waals surface area contributed by atoms with Crippen LogP contribution in [0.25, 0.3) is 0 Å². The van der Waals surface area contributed by atoms with Crippen molar-refractivity contribution in [3.05, 3.63) is 24.3 Å². The lowest BCUT2D eigenvalue weighted by molar-refractivity contribution is 0.0949. The van der Waals surface area contributed by atoms with Gasteiger partial charge in [-0.15, -0.1) is 24.0 Å². The quantitative estimate of drug-likeness (QED) is 0.302. The maximum absolute atomic E-state index is 11.9. The molecule has 7 nitrogen and oxygen atoms in total. The normalized spacial score (nSPS) is 17.0. The van der Waals surface area contributed by atoms with Gasteiger partial charge in [-0.25, -0.2) is 4.98 Å². The molecule has 134 valence electrons.